The number of sulfonamides is 1. The Bertz CT molecular complexity index is 383. The van der Waals surface area contributed by atoms with Crippen molar-refractivity contribution in [3.05, 3.63) is 0 Å². The second kappa shape index (κ2) is 5.60. The van der Waals surface area contributed by atoms with Gasteiger partial charge >= 0.3 is 0 Å². The molecule has 3 unspecified atom stereocenters. The van der Waals surface area contributed by atoms with Crippen LogP contribution in [0, 0.1) is 5.92 Å². The summed E-state index contributed by atoms with van der Waals surface area (Å²) in [6, 6.07) is 0. The molecule has 100 valence electrons. The third-order valence-electron chi connectivity index (χ3n) is 3.23. The number of hydrogen-bond acceptors (Lipinski definition) is 4. The molecule has 0 amide bonds. The summed E-state index contributed by atoms with van der Waals surface area (Å²) in [5.41, 5.74) is 5.48. The summed E-state index contributed by atoms with van der Waals surface area (Å²) in [6.07, 6.45) is 0.422. The van der Waals surface area contributed by atoms with E-state index in [2.05, 4.69) is 0 Å². The Labute approximate surface area is 108 Å². The Morgan fingerprint density at radius 2 is 2.24 bits per heavy atom. The zero-order valence-electron chi connectivity index (χ0n) is 10.2. The molecule has 0 spiro atoms. The lowest BCUT2D eigenvalue weighted by Crippen LogP contribution is -2.50. The van der Waals surface area contributed by atoms with E-state index >= 15 is 0 Å². The molecule has 17 heavy (non-hydrogen) atoms. The zero-order valence-corrected chi connectivity index (χ0v) is 11.8. The molecule has 0 aromatic heterocycles. The van der Waals surface area contributed by atoms with Crippen LogP contribution in [0.25, 0.3) is 0 Å². The van der Waals surface area contributed by atoms with Gasteiger partial charge in [-0.05, 0) is 18.8 Å². The minimum absolute atomic E-state index is 0.0197. The standard InChI is InChI=1S/C10H20N2O3S2/c1-3-9(10(11)16)17(14,15)12-5-4-8(13)7(2)6-12/h7-9,13H,3-6H2,1-2H3,(H2,11,16). The smallest absolute Gasteiger partial charge is 0.223 e. The molecule has 1 heterocycles. The van der Waals surface area contributed by atoms with Crippen molar-refractivity contribution in [1.82, 2.24) is 4.31 Å². The third kappa shape index (κ3) is 3.15. The molecule has 3 N–H and O–H groups in total. The highest BCUT2D eigenvalue weighted by molar-refractivity contribution is 7.92. The molecule has 0 aliphatic carbocycles. The molecule has 3 atom stereocenters. The summed E-state index contributed by atoms with van der Waals surface area (Å²) in [7, 11) is -3.47. The number of hydrogen-bond donors (Lipinski definition) is 2. The number of aliphatic hydroxyl groups excluding tert-OH is 1. The van der Waals surface area contributed by atoms with Crippen LogP contribution in [0.1, 0.15) is 26.7 Å². The van der Waals surface area contributed by atoms with Crippen molar-refractivity contribution in [3.8, 4) is 0 Å². The van der Waals surface area contributed by atoms with Gasteiger partial charge in [-0.15, -0.1) is 0 Å². The first-order chi connectivity index (χ1) is 7.80. The van der Waals surface area contributed by atoms with E-state index in [1.54, 1.807) is 6.92 Å². The maximum Gasteiger partial charge on any atom is 0.223 e. The fourth-order valence-corrected chi connectivity index (χ4v) is 4.47. The first-order valence-electron chi connectivity index (χ1n) is 5.77. The summed E-state index contributed by atoms with van der Waals surface area (Å²) in [6.45, 7) is 4.27. The Morgan fingerprint density at radius 3 is 2.65 bits per heavy atom. The van der Waals surface area contributed by atoms with E-state index in [4.69, 9.17) is 18.0 Å². The fraction of sp³-hybridized carbons (Fsp3) is 0.900. The van der Waals surface area contributed by atoms with E-state index in [-0.39, 0.29) is 10.9 Å². The molecule has 0 radical (unpaired) electrons. The van der Waals surface area contributed by atoms with E-state index in [0.717, 1.165) is 0 Å². The van der Waals surface area contributed by atoms with Crippen LogP contribution in [0.15, 0.2) is 0 Å². The highest BCUT2D eigenvalue weighted by atomic mass is 32.2. The van der Waals surface area contributed by atoms with Gasteiger partial charge in [0, 0.05) is 13.1 Å². The van der Waals surface area contributed by atoms with Gasteiger partial charge in [0.05, 0.1) is 11.1 Å². The summed E-state index contributed by atoms with van der Waals surface area (Å²) < 4.78 is 26.0. The Kier molecular flexibility index (Phi) is 4.88. The van der Waals surface area contributed by atoms with E-state index in [0.29, 0.717) is 25.9 Å². The molecule has 0 bridgehead atoms. The first kappa shape index (κ1) is 14.8. The molecule has 1 aliphatic heterocycles. The molecular weight excluding hydrogens is 260 g/mol. The normalized spacial score (nSPS) is 28.9. The molecule has 1 fully saturated rings. The van der Waals surface area contributed by atoms with Gasteiger partial charge in [-0.2, -0.15) is 0 Å². The van der Waals surface area contributed by atoms with Gasteiger partial charge in [0.25, 0.3) is 0 Å². The SMILES string of the molecule is CCC(C(N)=S)S(=O)(=O)N1CCC(O)C(C)C1. The van der Waals surface area contributed by atoms with Gasteiger partial charge in [0.1, 0.15) is 5.25 Å². The quantitative estimate of drug-likeness (QED) is 0.713. The lowest BCUT2D eigenvalue weighted by Gasteiger charge is -2.35. The van der Waals surface area contributed by atoms with Crippen LogP contribution in [-0.2, 0) is 10.0 Å². The number of aliphatic hydroxyl groups is 1. The van der Waals surface area contributed by atoms with Gasteiger partial charge in [-0.1, -0.05) is 26.1 Å². The second-order valence-electron chi connectivity index (χ2n) is 4.54. The number of nitrogens with two attached hydrogens (primary N) is 1. The molecule has 0 aromatic carbocycles. The van der Waals surface area contributed by atoms with E-state index in [1.807, 2.05) is 6.92 Å². The van der Waals surface area contributed by atoms with Crippen LogP contribution in [-0.4, -0.2) is 47.3 Å². The van der Waals surface area contributed by atoms with E-state index in [9.17, 15) is 13.5 Å². The van der Waals surface area contributed by atoms with Crippen molar-refractivity contribution in [2.75, 3.05) is 13.1 Å². The molecule has 1 saturated heterocycles. The maximum absolute atomic E-state index is 12.3. The molecular formula is C10H20N2O3S2. The van der Waals surface area contributed by atoms with Crippen molar-refractivity contribution in [3.63, 3.8) is 0 Å². The van der Waals surface area contributed by atoms with E-state index in [1.165, 1.54) is 4.31 Å². The maximum atomic E-state index is 12.3. The number of nitrogens with zero attached hydrogens (tertiary/aromatic N) is 1. The fourth-order valence-electron chi connectivity index (χ4n) is 2.06. The van der Waals surface area contributed by atoms with Gasteiger partial charge < -0.3 is 10.8 Å². The predicted octanol–water partition coefficient (Wildman–Crippen LogP) is 0.0836. The van der Waals surface area contributed by atoms with Crippen LogP contribution < -0.4 is 5.73 Å². The lowest BCUT2D eigenvalue weighted by atomic mass is 9.99. The number of thiocarbonyl (C=S) groups is 1. The molecule has 0 aromatic rings. The van der Waals surface area contributed by atoms with Gasteiger partial charge in [0.2, 0.25) is 10.0 Å². The van der Waals surface area contributed by atoms with Crippen LogP contribution in [0.5, 0.6) is 0 Å². The van der Waals surface area contributed by atoms with Crippen LogP contribution in [0.3, 0.4) is 0 Å². The predicted molar refractivity (Wildman–Crippen MR) is 71.1 cm³/mol. The molecule has 5 nitrogen and oxygen atoms in total. The summed E-state index contributed by atoms with van der Waals surface area (Å²) in [5.74, 6) is -0.0534. The molecule has 1 aliphatic rings. The molecule has 1 rings (SSSR count). The number of piperidine rings is 1. The first-order valence-corrected chi connectivity index (χ1v) is 7.68. The van der Waals surface area contributed by atoms with Crippen molar-refractivity contribution >= 4 is 27.2 Å². The topological polar surface area (TPSA) is 83.6 Å². The van der Waals surface area contributed by atoms with Crippen LogP contribution in [0.4, 0.5) is 0 Å². The van der Waals surface area contributed by atoms with Crippen molar-refractivity contribution in [2.24, 2.45) is 11.7 Å². The summed E-state index contributed by atoms with van der Waals surface area (Å²) in [4.78, 5) is 0.0197. The highest BCUT2D eigenvalue weighted by Crippen LogP contribution is 2.22. The largest absolute Gasteiger partial charge is 0.393 e. The second-order valence-corrected chi connectivity index (χ2v) is 7.12. The molecule has 0 saturated carbocycles. The van der Waals surface area contributed by atoms with E-state index < -0.39 is 21.4 Å². The Hall–Kier alpha value is -0.240. The van der Waals surface area contributed by atoms with Crippen molar-refractivity contribution < 1.29 is 13.5 Å². The average molecular weight is 280 g/mol. The third-order valence-corrected chi connectivity index (χ3v) is 6.02. The van der Waals surface area contributed by atoms with Gasteiger partial charge in [0.15, 0.2) is 0 Å². The lowest BCUT2D eigenvalue weighted by molar-refractivity contribution is 0.0627. The Morgan fingerprint density at radius 1 is 1.65 bits per heavy atom. The van der Waals surface area contributed by atoms with Crippen molar-refractivity contribution in [2.45, 2.75) is 38.0 Å². The highest BCUT2D eigenvalue weighted by Gasteiger charge is 2.37. The number of rotatable bonds is 4. The van der Waals surface area contributed by atoms with Crippen LogP contribution >= 0.6 is 12.2 Å². The van der Waals surface area contributed by atoms with Crippen LogP contribution in [0.2, 0.25) is 0 Å². The summed E-state index contributed by atoms with van der Waals surface area (Å²) in [5, 5.41) is 8.80. The average Bonchev–Trinajstić information content (AvgIpc) is 2.21. The Balaban J connectivity index is 2.87. The minimum Gasteiger partial charge on any atom is -0.393 e. The van der Waals surface area contributed by atoms with Gasteiger partial charge in [-0.25, -0.2) is 12.7 Å². The summed E-state index contributed by atoms with van der Waals surface area (Å²) >= 11 is 4.81. The minimum atomic E-state index is -3.47. The van der Waals surface area contributed by atoms with Crippen molar-refractivity contribution in [1.29, 1.82) is 0 Å². The van der Waals surface area contributed by atoms with Gasteiger partial charge in [-0.3, -0.25) is 0 Å². The zero-order chi connectivity index (χ0) is 13.2. The molecule has 7 heteroatoms. The monoisotopic (exact) mass is 280 g/mol.